The van der Waals surface area contributed by atoms with Gasteiger partial charge in [-0.1, -0.05) is 12.1 Å². The third-order valence-electron chi connectivity index (χ3n) is 2.59. The maximum absolute atomic E-state index is 12.0. The molecule has 0 saturated heterocycles. The van der Waals surface area contributed by atoms with Crippen LogP contribution in [0.5, 0.6) is 0 Å². The number of sulfonamides is 1. The van der Waals surface area contributed by atoms with Crippen molar-refractivity contribution in [1.82, 2.24) is 10.2 Å². The maximum atomic E-state index is 12.0. The van der Waals surface area contributed by atoms with Gasteiger partial charge in [0, 0.05) is 18.3 Å². The van der Waals surface area contributed by atoms with E-state index in [0.717, 1.165) is 5.56 Å². The Morgan fingerprint density at radius 1 is 1.40 bits per heavy atom. The highest BCUT2D eigenvalue weighted by Gasteiger charge is 2.15. The predicted octanol–water partition coefficient (Wildman–Crippen LogP) is 1.23. The summed E-state index contributed by atoms with van der Waals surface area (Å²) in [6.07, 6.45) is 2.82. The maximum Gasteiger partial charge on any atom is 0.303 e. The lowest BCUT2D eigenvalue weighted by atomic mass is 10.1. The summed E-state index contributed by atoms with van der Waals surface area (Å²) in [6.45, 7) is 0. The van der Waals surface area contributed by atoms with Crippen LogP contribution in [0, 0.1) is 0 Å². The molecule has 1 aromatic carbocycles. The van der Waals surface area contributed by atoms with Crippen molar-refractivity contribution in [2.24, 2.45) is 0 Å². The number of aromatic nitrogens is 2. The Morgan fingerprint density at radius 3 is 2.85 bits per heavy atom. The molecule has 20 heavy (non-hydrogen) atoms. The number of anilines is 1. The molecular weight excluding hydrogens is 282 g/mol. The van der Waals surface area contributed by atoms with E-state index in [-0.39, 0.29) is 11.3 Å². The van der Waals surface area contributed by atoms with E-state index in [4.69, 9.17) is 5.11 Å². The first-order valence-corrected chi connectivity index (χ1v) is 7.28. The Hall–Kier alpha value is -2.35. The van der Waals surface area contributed by atoms with Gasteiger partial charge >= 0.3 is 5.97 Å². The van der Waals surface area contributed by atoms with Crippen LogP contribution >= 0.6 is 0 Å². The highest BCUT2D eigenvalue weighted by atomic mass is 32.2. The van der Waals surface area contributed by atoms with Crippen molar-refractivity contribution in [3.05, 3.63) is 42.2 Å². The molecule has 0 aliphatic rings. The van der Waals surface area contributed by atoms with E-state index in [0.29, 0.717) is 12.1 Å². The average Bonchev–Trinajstić information content (AvgIpc) is 2.91. The number of aryl methyl sites for hydroxylation is 1. The van der Waals surface area contributed by atoms with Crippen molar-refractivity contribution < 1.29 is 18.3 Å². The second-order valence-electron chi connectivity index (χ2n) is 4.13. The van der Waals surface area contributed by atoms with Gasteiger partial charge in [0.2, 0.25) is 0 Å². The van der Waals surface area contributed by atoms with Gasteiger partial charge in [-0.15, -0.1) is 0 Å². The topological polar surface area (TPSA) is 112 Å². The second kappa shape index (κ2) is 5.74. The molecule has 0 aliphatic carbocycles. The second-order valence-corrected chi connectivity index (χ2v) is 5.82. The molecule has 0 spiro atoms. The van der Waals surface area contributed by atoms with Crippen molar-refractivity contribution in [1.29, 1.82) is 0 Å². The highest BCUT2D eigenvalue weighted by Crippen LogP contribution is 2.17. The molecule has 1 heterocycles. The lowest BCUT2D eigenvalue weighted by Gasteiger charge is -2.07. The van der Waals surface area contributed by atoms with Gasteiger partial charge in [0.1, 0.15) is 4.90 Å². The lowest BCUT2D eigenvalue weighted by molar-refractivity contribution is -0.136. The number of nitrogens with zero attached hydrogens (tertiary/aromatic N) is 1. The van der Waals surface area contributed by atoms with E-state index in [2.05, 4.69) is 14.9 Å². The van der Waals surface area contributed by atoms with Crippen LogP contribution in [-0.2, 0) is 21.2 Å². The molecule has 1 aromatic heterocycles. The highest BCUT2D eigenvalue weighted by molar-refractivity contribution is 7.92. The number of aliphatic carboxylic acids is 1. The molecular formula is C12H13N3O4S. The SMILES string of the molecule is O=C(O)CCc1cccc(NS(=O)(=O)c2cn[nH]c2)c1. The van der Waals surface area contributed by atoms with Gasteiger partial charge in [0.05, 0.1) is 6.20 Å². The minimum Gasteiger partial charge on any atom is -0.481 e. The van der Waals surface area contributed by atoms with E-state index in [1.165, 1.54) is 12.4 Å². The number of carboxylic acids is 1. The fraction of sp³-hybridized carbons (Fsp3) is 0.167. The molecule has 0 radical (unpaired) electrons. The summed E-state index contributed by atoms with van der Waals surface area (Å²) >= 11 is 0. The average molecular weight is 295 g/mol. The molecule has 8 heteroatoms. The van der Waals surface area contributed by atoms with Gasteiger partial charge in [-0.3, -0.25) is 14.6 Å². The van der Waals surface area contributed by atoms with Gasteiger partial charge in [0.15, 0.2) is 0 Å². The Balaban J connectivity index is 2.14. The molecule has 0 unspecified atom stereocenters. The Kier molecular flexibility index (Phi) is 4.04. The molecule has 0 bridgehead atoms. The Labute approximate surface area is 115 Å². The van der Waals surface area contributed by atoms with Gasteiger partial charge in [0.25, 0.3) is 10.0 Å². The van der Waals surface area contributed by atoms with Crippen LogP contribution in [0.1, 0.15) is 12.0 Å². The van der Waals surface area contributed by atoms with Crippen LogP contribution < -0.4 is 4.72 Å². The van der Waals surface area contributed by atoms with Crippen molar-refractivity contribution in [2.45, 2.75) is 17.7 Å². The summed E-state index contributed by atoms with van der Waals surface area (Å²) < 4.78 is 26.4. The quantitative estimate of drug-likeness (QED) is 0.742. The smallest absolute Gasteiger partial charge is 0.303 e. The molecule has 0 aliphatic heterocycles. The first kappa shape index (κ1) is 14.1. The molecule has 3 N–H and O–H groups in total. The number of nitrogens with one attached hydrogen (secondary N) is 2. The summed E-state index contributed by atoms with van der Waals surface area (Å²) in [5.74, 6) is -0.894. The zero-order valence-electron chi connectivity index (χ0n) is 10.4. The van der Waals surface area contributed by atoms with Gasteiger partial charge in [-0.25, -0.2) is 8.42 Å². The molecule has 2 rings (SSSR count). The minimum atomic E-state index is -3.68. The van der Waals surface area contributed by atoms with Crippen LogP contribution in [0.4, 0.5) is 5.69 Å². The predicted molar refractivity (Wildman–Crippen MR) is 71.8 cm³/mol. The van der Waals surface area contributed by atoms with Gasteiger partial charge in [-0.2, -0.15) is 5.10 Å². The van der Waals surface area contributed by atoms with Gasteiger partial charge in [-0.05, 0) is 24.1 Å². The molecule has 2 aromatic rings. The molecule has 0 atom stereocenters. The van der Waals surface area contributed by atoms with E-state index >= 15 is 0 Å². The number of hydrogen-bond acceptors (Lipinski definition) is 4. The standard InChI is InChI=1S/C12H13N3O4S/c16-12(17)5-4-9-2-1-3-10(6-9)15-20(18,19)11-7-13-14-8-11/h1-3,6-8,15H,4-5H2,(H,13,14)(H,16,17). The number of hydrogen-bond donors (Lipinski definition) is 3. The third kappa shape index (κ3) is 3.58. The number of aromatic amines is 1. The summed E-state index contributed by atoms with van der Waals surface area (Å²) in [7, 11) is -3.68. The van der Waals surface area contributed by atoms with Crippen molar-refractivity contribution >= 4 is 21.7 Å². The Morgan fingerprint density at radius 2 is 2.20 bits per heavy atom. The van der Waals surface area contributed by atoms with Crippen LogP contribution in [0.2, 0.25) is 0 Å². The number of benzene rings is 1. The largest absolute Gasteiger partial charge is 0.481 e. The van der Waals surface area contributed by atoms with E-state index in [1.54, 1.807) is 24.3 Å². The van der Waals surface area contributed by atoms with Crippen LogP contribution in [-0.4, -0.2) is 29.7 Å². The van der Waals surface area contributed by atoms with E-state index < -0.39 is 16.0 Å². The number of carboxylic acid groups (broad SMARTS) is 1. The van der Waals surface area contributed by atoms with Crippen molar-refractivity contribution in [3.8, 4) is 0 Å². The fourth-order valence-electron chi connectivity index (χ4n) is 1.64. The number of H-pyrrole nitrogens is 1. The first-order chi connectivity index (χ1) is 9.47. The normalized spacial score (nSPS) is 11.2. The zero-order chi connectivity index (χ0) is 14.6. The lowest BCUT2D eigenvalue weighted by Crippen LogP contribution is -2.12. The molecule has 7 nitrogen and oxygen atoms in total. The third-order valence-corrected chi connectivity index (χ3v) is 3.94. The molecule has 0 amide bonds. The number of carbonyl (C=O) groups is 1. The van der Waals surface area contributed by atoms with Gasteiger partial charge < -0.3 is 5.11 Å². The molecule has 106 valence electrons. The minimum absolute atomic E-state index is 0.00205. The summed E-state index contributed by atoms with van der Waals surface area (Å²) in [5, 5.41) is 14.7. The molecule has 0 fully saturated rings. The van der Waals surface area contributed by atoms with E-state index in [9.17, 15) is 13.2 Å². The fourth-order valence-corrected chi connectivity index (χ4v) is 2.60. The monoisotopic (exact) mass is 295 g/mol. The number of rotatable bonds is 6. The zero-order valence-corrected chi connectivity index (χ0v) is 11.2. The summed E-state index contributed by atoms with van der Waals surface area (Å²) in [5.41, 5.74) is 1.13. The molecule has 0 saturated carbocycles. The first-order valence-electron chi connectivity index (χ1n) is 5.80. The Bertz CT molecular complexity index is 695. The van der Waals surface area contributed by atoms with Crippen molar-refractivity contribution in [3.63, 3.8) is 0 Å². The van der Waals surface area contributed by atoms with Crippen LogP contribution in [0.3, 0.4) is 0 Å². The van der Waals surface area contributed by atoms with Crippen LogP contribution in [0.25, 0.3) is 0 Å². The summed E-state index contributed by atoms with van der Waals surface area (Å²) in [6, 6.07) is 6.63. The van der Waals surface area contributed by atoms with Crippen LogP contribution in [0.15, 0.2) is 41.6 Å². The summed E-state index contributed by atoms with van der Waals surface area (Å²) in [4.78, 5) is 10.6. The van der Waals surface area contributed by atoms with Crippen molar-refractivity contribution in [2.75, 3.05) is 4.72 Å². The van der Waals surface area contributed by atoms with E-state index in [1.807, 2.05) is 0 Å².